The third kappa shape index (κ3) is 4.45. The van der Waals surface area contributed by atoms with Crippen LogP contribution in [0.1, 0.15) is 27.6 Å². The summed E-state index contributed by atoms with van der Waals surface area (Å²) >= 11 is 0. The third-order valence-electron chi connectivity index (χ3n) is 4.95. The van der Waals surface area contributed by atoms with Gasteiger partial charge in [-0.1, -0.05) is 6.07 Å². The van der Waals surface area contributed by atoms with Gasteiger partial charge in [-0.25, -0.2) is 4.79 Å². The zero-order valence-electron chi connectivity index (χ0n) is 17.0. The SMILES string of the molecule is CCOC(=O)c1ccc(N2CCN(C(=O)c3c(OC)cccc3OC)CC2)cc1. The molecule has 2 aromatic carbocycles. The maximum Gasteiger partial charge on any atom is 0.338 e. The molecule has 0 unspecified atom stereocenters. The van der Waals surface area contributed by atoms with Gasteiger partial charge in [-0.05, 0) is 43.3 Å². The minimum absolute atomic E-state index is 0.100. The van der Waals surface area contributed by atoms with Crippen molar-refractivity contribution in [1.82, 2.24) is 4.90 Å². The predicted octanol–water partition coefficient (Wildman–Crippen LogP) is 2.84. The number of piperazine rings is 1. The Labute approximate surface area is 170 Å². The molecule has 7 heteroatoms. The van der Waals surface area contributed by atoms with Gasteiger partial charge in [-0.3, -0.25) is 4.79 Å². The second-order valence-electron chi connectivity index (χ2n) is 6.58. The smallest absolute Gasteiger partial charge is 0.338 e. The Morgan fingerprint density at radius 1 is 0.897 bits per heavy atom. The highest BCUT2D eigenvalue weighted by atomic mass is 16.5. The van der Waals surface area contributed by atoms with Crippen LogP contribution in [-0.4, -0.2) is 63.8 Å². The summed E-state index contributed by atoms with van der Waals surface area (Å²) in [5.74, 6) is 0.592. The number of esters is 1. The number of hydrogen-bond acceptors (Lipinski definition) is 6. The van der Waals surface area contributed by atoms with Crippen LogP contribution in [0.15, 0.2) is 42.5 Å². The Bertz CT molecular complexity index is 836. The van der Waals surface area contributed by atoms with E-state index in [1.807, 2.05) is 17.0 Å². The normalized spacial score (nSPS) is 13.8. The first kappa shape index (κ1) is 20.5. The van der Waals surface area contributed by atoms with Gasteiger partial charge in [0.1, 0.15) is 17.1 Å². The number of rotatable bonds is 6. The number of hydrogen-bond donors (Lipinski definition) is 0. The monoisotopic (exact) mass is 398 g/mol. The number of amides is 1. The van der Waals surface area contributed by atoms with Crippen molar-refractivity contribution in [1.29, 1.82) is 0 Å². The van der Waals surface area contributed by atoms with E-state index in [4.69, 9.17) is 14.2 Å². The molecule has 0 N–H and O–H groups in total. The molecule has 1 amide bonds. The van der Waals surface area contributed by atoms with E-state index in [0.717, 1.165) is 5.69 Å². The standard InChI is InChI=1S/C22H26N2O5/c1-4-29-22(26)16-8-10-17(11-9-16)23-12-14-24(15-13-23)21(25)20-18(27-2)6-5-7-19(20)28-3/h5-11H,4,12-15H2,1-3H3. The summed E-state index contributed by atoms with van der Waals surface area (Å²) in [5.41, 5.74) is 2.00. The highest BCUT2D eigenvalue weighted by molar-refractivity contribution is 6.00. The zero-order chi connectivity index (χ0) is 20.8. The molecule has 0 saturated carbocycles. The van der Waals surface area contributed by atoms with Gasteiger partial charge in [-0.15, -0.1) is 0 Å². The number of methoxy groups -OCH3 is 2. The molecule has 29 heavy (non-hydrogen) atoms. The van der Waals surface area contributed by atoms with E-state index in [1.54, 1.807) is 51.5 Å². The topological polar surface area (TPSA) is 68.3 Å². The summed E-state index contributed by atoms with van der Waals surface area (Å²) in [5, 5.41) is 0. The summed E-state index contributed by atoms with van der Waals surface area (Å²) in [4.78, 5) is 28.9. The number of anilines is 1. The fourth-order valence-electron chi connectivity index (χ4n) is 3.41. The largest absolute Gasteiger partial charge is 0.496 e. The van der Waals surface area contributed by atoms with Crippen LogP contribution in [-0.2, 0) is 4.74 Å². The van der Waals surface area contributed by atoms with Gasteiger partial charge in [0.25, 0.3) is 5.91 Å². The van der Waals surface area contributed by atoms with Crippen molar-refractivity contribution < 1.29 is 23.8 Å². The average molecular weight is 398 g/mol. The molecule has 1 saturated heterocycles. The molecule has 1 aliphatic heterocycles. The lowest BCUT2D eigenvalue weighted by molar-refractivity contribution is 0.0526. The van der Waals surface area contributed by atoms with Crippen LogP contribution in [0.2, 0.25) is 0 Å². The molecule has 0 bridgehead atoms. The molecule has 0 spiro atoms. The maximum atomic E-state index is 13.1. The number of carbonyl (C=O) groups is 2. The summed E-state index contributed by atoms with van der Waals surface area (Å²) in [6, 6.07) is 12.7. The second-order valence-corrected chi connectivity index (χ2v) is 6.58. The van der Waals surface area contributed by atoms with Gasteiger partial charge in [0.2, 0.25) is 0 Å². The van der Waals surface area contributed by atoms with Crippen LogP contribution in [0.25, 0.3) is 0 Å². The highest BCUT2D eigenvalue weighted by Gasteiger charge is 2.27. The van der Waals surface area contributed by atoms with Crippen molar-refractivity contribution in [3.05, 3.63) is 53.6 Å². The van der Waals surface area contributed by atoms with E-state index < -0.39 is 0 Å². The van der Waals surface area contributed by atoms with Crippen molar-refractivity contribution in [3.8, 4) is 11.5 Å². The number of nitrogens with zero attached hydrogens (tertiary/aromatic N) is 2. The number of ether oxygens (including phenoxy) is 3. The molecule has 0 atom stereocenters. The molecule has 7 nitrogen and oxygen atoms in total. The average Bonchev–Trinajstić information content (AvgIpc) is 2.78. The van der Waals surface area contributed by atoms with Crippen molar-refractivity contribution in [2.45, 2.75) is 6.92 Å². The van der Waals surface area contributed by atoms with E-state index in [-0.39, 0.29) is 11.9 Å². The highest BCUT2D eigenvalue weighted by Crippen LogP contribution is 2.30. The summed E-state index contributed by atoms with van der Waals surface area (Å²) in [6.45, 7) is 4.70. The molecular weight excluding hydrogens is 372 g/mol. The quantitative estimate of drug-likeness (QED) is 0.697. The van der Waals surface area contributed by atoms with E-state index in [1.165, 1.54) is 0 Å². The van der Waals surface area contributed by atoms with Gasteiger partial charge in [0, 0.05) is 31.9 Å². The molecule has 1 fully saturated rings. The fraction of sp³-hybridized carbons (Fsp3) is 0.364. The minimum atomic E-state index is -0.319. The van der Waals surface area contributed by atoms with Crippen molar-refractivity contribution in [3.63, 3.8) is 0 Å². The molecule has 0 radical (unpaired) electrons. The van der Waals surface area contributed by atoms with Crippen LogP contribution in [0.3, 0.4) is 0 Å². The van der Waals surface area contributed by atoms with Gasteiger partial charge in [0.15, 0.2) is 0 Å². The summed E-state index contributed by atoms with van der Waals surface area (Å²) < 4.78 is 15.7. The zero-order valence-corrected chi connectivity index (χ0v) is 17.0. The number of benzene rings is 2. The maximum absolute atomic E-state index is 13.1. The molecule has 154 valence electrons. The molecule has 0 aromatic heterocycles. The first-order valence-corrected chi connectivity index (χ1v) is 9.61. The second kappa shape index (κ2) is 9.32. The van der Waals surface area contributed by atoms with Gasteiger partial charge in [0.05, 0.1) is 26.4 Å². The Morgan fingerprint density at radius 2 is 1.48 bits per heavy atom. The van der Waals surface area contributed by atoms with E-state index in [2.05, 4.69) is 4.90 Å². The Balaban J connectivity index is 1.67. The molecule has 1 heterocycles. The van der Waals surface area contributed by atoms with Crippen LogP contribution in [0.4, 0.5) is 5.69 Å². The van der Waals surface area contributed by atoms with Gasteiger partial charge >= 0.3 is 5.97 Å². The lowest BCUT2D eigenvalue weighted by Gasteiger charge is -2.36. The molecule has 3 rings (SSSR count). The van der Waals surface area contributed by atoms with Crippen molar-refractivity contribution in [2.24, 2.45) is 0 Å². The summed E-state index contributed by atoms with van der Waals surface area (Å²) in [7, 11) is 3.09. The van der Waals surface area contributed by atoms with Crippen LogP contribution >= 0.6 is 0 Å². The lowest BCUT2D eigenvalue weighted by Crippen LogP contribution is -2.48. The summed E-state index contributed by atoms with van der Waals surface area (Å²) in [6.07, 6.45) is 0. The number of carbonyl (C=O) groups excluding carboxylic acids is 2. The Morgan fingerprint density at radius 3 is 2.00 bits per heavy atom. The Hall–Kier alpha value is -3.22. The van der Waals surface area contributed by atoms with Crippen LogP contribution in [0.5, 0.6) is 11.5 Å². The minimum Gasteiger partial charge on any atom is -0.496 e. The first-order chi connectivity index (χ1) is 14.1. The Kier molecular flexibility index (Phi) is 6.59. The fourth-order valence-corrected chi connectivity index (χ4v) is 3.41. The van der Waals surface area contributed by atoms with Gasteiger partial charge < -0.3 is 24.0 Å². The van der Waals surface area contributed by atoms with E-state index >= 15 is 0 Å². The first-order valence-electron chi connectivity index (χ1n) is 9.61. The molecule has 1 aliphatic rings. The van der Waals surface area contributed by atoms with E-state index in [9.17, 15) is 9.59 Å². The van der Waals surface area contributed by atoms with Crippen molar-refractivity contribution >= 4 is 17.6 Å². The molecule has 0 aliphatic carbocycles. The van der Waals surface area contributed by atoms with Crippen LogP contribution in [0, 0.1) is 0 Å². The van der Waals surface area contributed by atoms with Crippen LogP contribution < -0.4 is 14.4 Å². The van der Waals surface area contributed by atoms with Gasteiger partial charge in [-0.2, -0.15) is 0 Å². The molecule has 2 aromatic rings. The van der Waals surface area contributed by atoms with Crippen molar-refractivity contribution in [2.75, 3.05) is 51.9 Å². The van der Waals surface area contributed by atoms with E-state index in [0.29, 0.717) is 55.4 Å². The lowest BCUT2D eigenvalue weighted by atomic mass is 10.1. The molecular formula is C22H26N2O5. The predicted molar refractivity (Wildman–Crippen MR) is 110 cm³/mol. The third-order valence-corrected chi connectivity index (χ3v) is 4.95.